The van der Waals surface area contributed by atoms with E-state index in [1.54, 1.807) is 0 Å². The van der Waals surface area contributed by atoms with E-state index in [1.165, 1.54) is 0 Å². The highest BCUT2D eigenvalue weighted by atomic mass is 16.5. The molecule has 2 heterocycles. The van der Waals surface area contributed by atoms with Gasteiger partial charge in [-0.1, -0.05) is 12.6 Å². The molecule has 0 N–H and O–H groups in total. The third kappa shape index (κ3) is 1.20. The molecular weight excluding hydrogens is 150 g/mol. The molecule has 1 aliphatic rings. The molecule has 0 unspecified atom stereocenters. The first-order valence-electron chi connectivity index (χ1n) is 4.01. The van der Waals surface area contributed by atoms with Gasteiger partial charge in [0.25, 0.3) is 0 Å². The Morgan fingerprint density at radius 2 is 2.33 bits per heavy atom. The van der Waals surface area contributed by atoms with Crippen molar-refractivity contribution in [1.82, 2.24) is 4.98 Å². The summed E-state index contributed by atoms with van der Waals surface area (Å²) in [7, 11) is 0. The van der Waals surface area contributed by atoms with E-state index in [9.17, 15) is 0 Å². The second kappa shape index (κ2) is 2.63. The summed E-state index contributed by atoms with van der Waals surface area (Å²) in [5.41, 5.74) is 3.27. The van der Waals surface area contributed by atoms with Crippen LogP contribution in [0.2, 0.25) is 0 Å². The number of hydrogen-bond donors (Lipinski definition) is 0. The molecule has 0 saturated carbocycles. The molecule has 12 heavy (non-hydrogen) atoms. The SMILES string of the molecule is C=C1COc2nc(C)ccc2C1. The molecular formula is C10H11NO. The standard InChI is InChI=1S/C10H11NO/c1-7-5-9-4-3-8(2)11-10(9)12-6-7/h3-4H,1,5-6H2,2H3. The van der Waals surface area contributed by atoms with Crippen LogP contribution in [0.3, 0.4) is 0 Å². The highest BCUT2D eigenvalue weighted by Gasteiger charge is 2.13. The van der Waals surface area contributed by atoms with Gasteiger partial charge in [-0.15, -0.1) is 0 Å². The van der Waals surface area contributed by atoms with Crippen molar-refractivity contribution in [1.29, 1.82) is 0 Å². The summed E-state index contributed by atoms with van der Waals surface area (Å²) >= 11 is 0. The van der Waals surface area contributed by atoms with Crippen molar-refractivity contribution < 1.29 is 4.74 Å². The lowest BCUT2D eigenvalue weighted by molar-refractivity contribution is 0.318. The smallest absolute Gasteiger partial charge is 0.217 e. The van der Waals surface area contributed by atoms with Gasteiger partial charge in [-0.2, -0.15) is 0 Å². The zero-order valence-corrected chi connectivity index (χ0v) is 7.13. The van der Waals surface area contributed by atoms with Crippen molar-refractivity contribution in [2.75, 3.05) is 6.61 Å². The minimum Gasteiger partial charge on any atom is -0.473 e. The fraction of sp³-hybridized carbons (Fsp3) is 0.300. The Kier molecular flexibility index (Phi) is 1.61. The lowest BCUT2D eigenvalue weighted by Gasteiger charge is -2.17. The van der Waals surface area contributed by atoms with Crippen LogP contribution >= 0.6 is 0 Å². The van der Waals surface area contributed by atoms with Crippen molar-refractivity contribution in [2.24, 2.45) is 0 Å². The second-order valence-electron chi connectivity index (χ2n) is 3.13. The third-order valence-corrected chi connectivity index (χ3v) is 1.93. The molecule has 2 nitrogen and oxygen atoms in total. The Hall–Kier alpha value is -1.31. The van der Waals surface area contributed by atoms with E-state index >= 15 is 0 Å². The minimum atomic E-state index is 0.615. The largest absolute Gasteiger partial charge is 0.473 e. The molecule has 2 heteroatoms. The molecule has 1 aromatic heterocycles. The van der Waals surface area contributed by atoms with Gasteiger partial charge < -0.3 is 4.74 Å². The maximum atomic E-state index is 5.41. The van der Waals surface area contributed by atoms with E-state index in [1.807, 2.05) is 13.0 Å². The zero-order valence-electron chi connectivity index (χ0n) is 7.13. The number of aryl methyl sites for hydroxylation is 1. The number of fused-ring (bicyclic) bond motifs is 1. The minimum absolute atomic E-state index is 0.615. The maximum absolute atomic E-state index is 5.41. The molecule has 0 saturated heterocycles. The van der Waals surface area contributed by atoms with Crippen molar-refractivity contribution in [3.05, 3.63) is 35.5 Å². The summed E-state index contributed by atoms with van der Waals surface area (Å²) in [5.74, 6) is 0.780. The van der Waals surface area contributed by atoms with Gasteiger partial charge in [0.15, 0.2) is 0 Å². The van der Waals surface area contributed by atoms with E-state index < -0.39 is 0 Å². The summed E-state index contributed by atoms with van der Waals surface area (Å²) in [5, 5.41) is 0. The molecule has 0 radical (unpaired) electrons. The third-order valence-electron chi connectivity index (χ3n) is 1.93. The van der Waals surface area contributed by atoms with Crippen molar-refractivity contribution in [3.63, 3.8) is 0 Å². The van der Waals surface area contributed by atoms with Crippen LogP contribution in [0.25, 0.3) is 0 Å². The van der Waals surface area contributed by atoms with Crippen LogP contribution in [-0.2, 0) is 6.42 Å². The van der Waals surface area contributed by atoms with Crippen molar-refractivity contribution >= 4 is 0 Å². The van der Waals surface area contributed by atoms with E-state index in [2.05, 4.69) is 17.6 Å². The fourth-order valence-electron chi connectivity index (χ4n) is 1.31. The molecule has 0 aliphatic carbocycles. The van der Waals surface area contributed by atoms with E-state index in [4.69, 9.17) is 4.74 Å². The number of aromatic nitrogens is 1. The summed E-state index contributed by atoms with van der Waals surface area (Å²) in [6.45, 7) is 6.46. The van der Waals surface area contributed by atoms with Crippen molar-refractivity contribution in [2.45, 2.75) is 13.3 Å². The number of rotatable bonds is 0. The lowest BCUT2D eigenvalue weighted by atomic mass is 10.1. The Morgan fingerprint density at radius 3 is 3.17 bits per heavy atom. The first kappa shape index (κ1) is 7.35. The lowest BCUT2D eigenvalue weighted by Crippen LogP contribution is -2.12. The molecule has 0 amide bonds. The van der Waals surface area contributed by atoms with Crippen LogP contribution in [0.4, 0.5) is 0 Å². The average molecular weight is 161 g/mol. The molecule has 1 aromatic rings. The van der Waals surface area contributed by atoms with E-state index in [0.29, 0.717) is 6.61 Å². The molecule has 0 atom stereocenters. The van der Waals surface area contributed by atoms with Gasteiger partial charge in [0.2, 0.25) is 5.88 Å². The quantitative estimate of drug-likeness (QED) is 0.542. The van der Waals surface area contributed by atoms with Crippen LogP contribution < -0.4 is 4.74 Å². The van der Waals surface area contributed by atoms with Crippen LogP contribution in [0.5, 0.6) is 5.88 Å². The summed E-state index contributed by atoms with van der Waals surface area (Å²) in [6, 6.07) is 4.06. The van der Waals surface area contributed by atoms with Gasteiger partial charge in [0.1, 0.15) is 6.61 Å². The maximum Gasteiger partial charge on any atom is 0.217 e. The van der Waals surface area contributed by atoms with E-state index in [-0.39, 0.29) is 0 Å². The Balaban J connectivity index is 2.43. The molecule has 2 rings (SSSR count). The predicted octanol–water partition coefficient (Wildman–Crippen LogP) is 1.88. The molecule has 0 bridgehead atoms. The normalized spacial score (nSPS) is 15.2. The Morgan fingerprint density at radius 1 is 1.50 bits per heavy atom. The van der Waals surface area contributed by atoms with Gasteiger partial charge in [-0.3, -0.25) is 0 Å². The monoisotopic (exact) mass is 161 g/mol. The highest BCUT2D eigenvalue weighted by molar-refractivity contribution is 5.34. The van der Waals surface area contributed by atoms with Gasteiger partial charge >= 0.3 is 0 Å². The zero-order chi connectivity index (χ0) is 8.55. The predicted molar refractivity (Wildman–Crippen MR) is 47.3 cm³/mol. The summed E-state index contributed by atoms with van der Waals surface area (Å²) in [4.78, 5) is 4.28. The number of ether oxygens (including phenoxy) is 1. The molecule has 62 valence electrons. The first-order chi connectivity index (χ1) is 5.75. The Labute approximate surface area is 71.9 Å². The van der Waals surface area contributed by atoms with Gasteiger partial charge in [0, 0.05) is 17.7 Å². The molecule has 0 aromatic carbocycles. The van der Waals surface area contributed by atoms with Crippen LogP contribution in [0.15, 0.2) is 24.3 Å². The molecule has 0 fully saturated rings. The molecule has 1 aliphatic heterocycles. The highest BCUT2D eigenvalue weighted by Crippen LogP contribution is 2.23. The summed E-state index contributed by atoms with van der Waals surface area (Å²) in [6.07, 6.45) is 0.905. The topological polar surface area (TPSA) is 22.1 Å². The van der Waals surface area contributed by atoms with Crippen LogP contribution in [0, 0.1) is 6.92 Å². The second-order valence-corrected chi connectivity index (χ2v) is 3.13. The number of pyridine rings is 1. The number of nitrogens with zero attached hydrogens (tertiary/aromatic N) is 1. The van der Waals surface area contributed by atoms with Gasteiger partial charge in [-0.05, 0) is 18.6 Å². The summed E-state index contributed by atoms with van der Waals surface area (Å²) < 4.78 is 5.41. The van der Waals surface area contributed by atoms with Gasteiger partial charge in [0.05, 0.1) is 0 Å². The average Bonchev–Trinajstić information content (AvgIpc) is 2.05. The fourth-order valence-corrected chi connectivity index (χ4v) is 1.31. The van der Waals surface area contributed by atoms with Gasteiger partial charge in [-0.25, -0.2) is 4.98 Å². The van der Waals surface area contributed by atoms with E-state index in [0.717, 1.165) is 29.1 Å². The molecule has 0 spiro atoms. The number of hydrogen-bond acceptors (Lipinski definition) is 2. The Bertz CT molecular complexity index is 331. The van der Waals surface area contributed by atoms with Crippen molar-refractivity contribution in [3.8, 4) is 5.88 Å². The van der Waals surface area contributed by atoms with Crippen LogP contribution in [-0.4, -0.2) is 11.6 Å². The van der Waals surface area contributed by atoms with Crippen LogP contribution in [0.1, 0.15) is 11.3 Å². The first-order valence-corrected chi connectivity index (χ1v) is 4.01.